The Kier molecular flexibility index (Phi) is 1.79. The van der Waals surface area contributed by atoms with E-state index >= 15 is 0 Å². The van der Waals surface area contributed by atoms with Crippen LogP contribution in [-0.4, -0.2) is 14.2 Å². The van der Waals surface area contributed by atoms with Crippen LogP contribution in [0.2, 0.25) is 0 Å². The standard InChI is InChI=1S/C9H14O2S/c1-7-2-3-8-4-5-12(10,11)9(8)6-7/h7H,2-6H2,1H3/t7-/m0/s1. The van der Waals surface area contributed by atoms with Crippen LogP contribution in [0.1, 0.15) is 32.6 Å². The summed E-state index contributed by atoms with van der Waals surface area (Å²) in [6.07, 6.45) is 3.81. The molecule has 0 N–H and O–H groups in total. The Morgan fingerprint density at radius 2 is 2.08 bits per heavy atom. The Morgan fingerprint density at radius 1 is 1.33 bits per heavy atom. The first-order valence-corrected chi connectivity index (χ1v) is 6.18. The monoisotopic (exact) mass is 186 g/mol. The van der Waals surface area contributed by atoms with Gasteiger partial charge in [0.15, 0.2) is 9.84 Å². The van der Waals surface area contributed by atoms with Crippen molar-refractivity contribution < 1.29 is 8.42 Å². The van der Waals surface area contributed by atoms with E-state index in [4.69, 9.17) is 0 Å². The van der Waals surface area contributed by atoms with Gasteiger partial charge in [-0.05, 0) is 31.6 Å². The van der Waals surface area contributed by atoms with E-state index in [9.17, 15) is 8.42 Å². The van der Waals surface area contributed by atoms with Crippen molar-refractivity contribution in [3.05, 3.63) is 10.5 Å². The molecule has 2 rings (SSSR count). The van der Waals surface area contributed by atoms with E-state index in [1.807, 2.05) is 0 Å². The molecule has 0 radical (unpaired) electrons. The van der Waals surface area contributed by atoms with Crippen molar-refractivity contribution in [1.29, 1.82) is 0 Å². The highest BCUT2D eigenvalue weighted by Crippen LogP contribution is 2.38. The van der Waals surface area contributed by atoms with Gasteiger partial charge in [-0.3, -0.25) is 0 Å². The second kappa shape index (κ2) is 2.59. The molecule has 0 fully saturated rings. The second-order valence-electron chi connectivity index (χ2n) is 3.94. The third-order valence-electron chi connectivity index (χ3n) is 2.92. The minimum atomic E-state index is -2.80. The normalized spacial score (nSPS) is 33.6. The van der Waals surface area contributed by atoms with Crippen LogP contribution in [0.25, 0.3) is 0 Å². The molecule has 0 aromatic carbocycles. The van der Waals surface area contributed by atoms with Gasteiger partial charge in [-0.25, -0.2) is 8.42 Å². The average molecular weight is 186 g/mol. The van der Waals surface area contributed by atoms with E-state index in [0.29, 0.717) is 11.7 Å². The molecule has 1 heterocycles. The van der Waals surface area contributed by atoms with E-state index < -0.39 is 9.84 Å². The highest BCUT2D eigenvalue weighted by molar-refractivity contribution is 7.95. The van der Waals surface area contributed by atoms with Gasteiger partial charge < -0.3 is 0 Å². The summed E-state index contributed by atoms with van der Waals surface area (Å²) in [5, 5.41) is 0. The summed E-state index contributed by atoms with van der Waals surface area (Å²) in [5.41, 5.74) is 1.23. The van der Waals surface area contributed by atoms with Crippen molar-refractivity contribution in [3.63, 3.8) is 0 Å². The first-order valence-electron chi connectivity index (χ1n) is 4.53. The van der Waals surface area contributed by atoms with Crippen molar-refractivity contribution in [3.8, 4) is 0 Å². The van der Waals surface area contributed by atoms with Gasteiger partial charge in [0.2, 0.25) is 0 Å². The molecule has 68 valence electrons. The quantitative estimate of drug-likeness (QED) is 0.579. The Bertz CT molecular complexity index is 324. The third-order valence-corrected chi connectivity index (χ3v) is 4.86. The van der Waals surface area contributed by atoms with E-state index in [1.165, 1.54) is 12.0 Å². The molecular formula is C9H14O2S. The molecule has 0 spiro atoms. The molecule has 1 aliphatic heterocycles. The van der Waals surface area contributed by atoms with Gasteiger partial charge in [0.05, 0.1) is 5.75 Å². The van der Waals surface area contributed by atoms with Crippen LogP contribution in [0, 0.1) is 5.92 Å². The lowest BCUT2D eigenvalue weighted by molar-refractivity contribution is 0.503. The Balaban J connectivity index is 2.39. The Hall–Kier alpha value is -0.310. The molecule has 12 heavy (non-hydrogen) atoms. The van der Waals surface area contributed by atoms with Crippen molar-refractivity contribution in [2.24, 2.45) is 5.92 Å². The molecular weight excluding hydrogens is 172 g/mol. The lowest BCUT2D eigenvalue weighted by Crippen LogP contribution is -2.09. The van der Waals surface area contributed by atoms with Crippen LogP contribution >= 0.6 is 0 Å². The summed E-state index contributed by atoms with van der Waals surface area (Å²) in [5.74, 6) is 0.946. The summed E-state index contributed by atoms with van der Waals surface area (Å²) < 4.78 is 23.0. The molecule has 0 amide bonds. The SMILES string of the molecule is C[C@H]1CCC2=C(C1)S(=O)(=O)CC2. The van der Waals surface area contributed by atoms with Crippen molar-refractivity contribution in [2.45, 2.75) is 32.6 Å². The molecule has 0 saturated heterocycles. The molecule has 0 saturated carbocycles. The summed E-state index contributed by atoms with van der Waals surface area (Å²) in [6.45, 7) is 2.14. The highest BCUT2D eigenvalue weighted by Gasteiger charge is 2.32. The van der Waals surface area contributed by atoms with Gasteiger partial charge in [0.1, 0.15) is 0 Å². The zero-order valence-corrected chi connectivity index (χ0v) is 8.15. The van der Waals surface area contributed by atoms with Crippen molar-refractivity contribution >= 4 is 9.84 Å². The van der Waals surface area contributed by atoms with Crippen LogP contribution in [0.3, 0.4) is 0 Å². The summed E-state index contributed by atoms with van der Waals surface area (Å²) in [7, 11) is -2.80. The van der Waals surface area contributed by atoms with Gasteiger partial charge in [0.25, 0.3) is 0 Å². The number of allylic oxidation sites excluding steroid dienone is 2. The molecule has 1 atom stereocenters. The maximum absolute atomic E-state index is 11.5. The maximum atomic E-state index is 11.5. The summed E-state index contributed by atoms with van der Waals surface area (Å²) in [4.78, 5) is 0.793. The molecule has 1 aliphatic carbocycles. The topological polar surface area (TPSA) is 34.1 Å². The molecule has 0 aromatic rings. The van der Waals surface area contributed by atoms with Crippen LogP contribution in [0.15, 0.2) is 10.5 Å². The van der Waals surface area contributed by atoms with Gasteiger partial charge in [-0.2, -0.15) is 0 Å². The van der Waals surface area contributed by atoms with Crippen molar-refractivity contribution in [1.82, 2.24) is 0 Å². The van der Waals surface area contributed by atoms with Crippen LogP contribution in [0.4, 0.5) is 0 Å². The van der Waals surface area contributed by atoms with E-state index in [-0.39, 0.29) is 0 Å². The number of rotatable bonds is 0. The predicted octanol–water partition coefficient (Wildman–Crippen LogP) is 1.88. The largest absolute Gasteiger partial charge is 0.224 e. The zero-order valence-electron chi connectivity index (χ0n) is 7.34. The van der Waals surface area contributed by atoms with Crippen molar-refractivity contribution in [2.75, 3.05) is 5.75 Å². The second-order valence-corrected chi connectivity index (χ2v) is 6.07. The van der Waals surface area contributed by atoms with E-state index in [0.717, 1.165) is 24.2 Å². The molecule has 2 aliphatic rings. The number of hydrogen-bond donors (Lipinski definition) is 0. The molecule has 0 bridgehead atoms. The van der Waals surface area contributed by atoms with Crippen LogP contribution < -0.4 is 0 Å². The fourth-order valence-corrected chi connectivity index (χ4v) is 4.06. The molecule has 2 nitrogen and oxygen atoms in total. The Morgan fingerprint density at radius 3 is 2.83 bits per heavy atom. The maximum Gasteiger partial charge on any atom is 0.174 e. The number of sulfone groups is 1. The fourth-order valence-electron chi connectivity index (χ4n) is 2.12. The Labute approximate surface area is 73.6 Å². The predicted molar refractivity (Wildman–Crippen MR) is 48.4 cm³/mol. The lowest BCUT2D eigenvalue weighted by atomic mass is 9.90. The lowest BCUT2D eigenvalue weighted by Gasteiger charge is -2.18. The summed E-state index contributed by atoms with van der Waals surface area (Å²) in [6, 6.07) is 0. The van der Waals surface area contributed by atoms with Crippen LogP contribution in [-0.2, 0) is 9.84 Å². The van der Waals surface area contributed by atoms with Gasteiger partial charge >= 0.3 is 0 Å². The van der Waals surface area contributed by atoms with Gasteiger partial charge in [0, 0.05) is 4.91 Å². The number of hydrogen-bond acceptors (Lipinski definition) is 2. The zero-order chi connectivity index (χ0) is 8.77. The molecule has 0 aromatic heterocycles. The molecule has 3 heteroatoms. The van der Waals surface area contributed by atoms with Crippen LogP contribution in [0.5, 0.6) is 0 Å². The first-order chi connectivity index (χ1) is 5.59. The first kappa shape index (κ1) is 8.30. The van der Waals surface area contributed by atoms with Gasteiger partial charge in [-0.15, -0.1) is 0 Å². The third kappa shape index (κ3) is 1.20. The van der Waals surface area contributed by atoms with E-state index in [1.54, 1.807) is 0 Å². The van der Waals surface area contributed by atoms with E-state index in [2.05, 4.69) is 6.92 Å². The fraction of sp³-hybridized carbons (Fsp3) is 0.778. The smallest absolute Gasteiger partial charge is 0.174 e. The highest BCUT2D eigenvalue weighted by atomic mass is 32.2. The summed E-state index contributed by atoms with van der Waals surface area (Å²) >= 11 is 0. The van der Waals surface area contributed by atoms with Gasteiger partial charge in [-0.1, -0.05) is 12.5 Å². The average Bonchev–Trinajstić information content (AvgIpc) is 2.28. The molecule has 0 unspecified atom stereocenters. The minimum Gasteiger partial charge on any atom is -0.224 e. The minimum absolute atomic E-state index is 0.379.